The molecule has 1 N–H and O–H groups in total. The number of nitrogens with one attached hydrogen (secondary N) is 1. The summed E-state index contributed by atoms with van der Waals surface area (Å²) in [7, 11) is 2.32. The Bertz CT molecular complexity index is 2940. The summed E-state index contributed by atoms with van der Waals surface area (Å²) in [5.41, 5.74) is 19.6. The molecule has 70 heavy (non-hydrogen) atoms. The molecule has 4 aliphatic carbocycles. The van der Waals surface area contributed by atoms with Crippen LogP contribution in [0.15, 0.2) is 156 Å². The standard InChI is InChI=1S/C65H77BN3O/c1-14-46(43(2)3)23-22-34-67-48-24-21-29-51(39-48)69(61-44(4)35-52(36-45(61)5)68(49-25-17-15-18-26-49)50-27-19-16-20-28-50)58-41-55-54(63(8,9)31-32-64(55,10)11)40-57(58)66-60-38-47-37-53-56(42-59(47)70-60)65(12,13)33-30-62(53,6)7/h14-19,21-25,27,29,34-43,49,67H,1,20,26,28,30-33H2,2-13H3/b34-22+,46-23+. The molecule has 1 unspecified atom stereocenters. The Hall–Kier alpha value is -5.94. The van der Waals surface area contributed by atoms with E-state index < -0.39 is 0 Å². The van der Waals surface area contributed by atoms with Crippen LogP contribution in [0, 0.1) is 19.8 Å². The highest BCUT2D eigenvalue weighted by Crippen LogP contribution is 2.50. The summed E-state index contributed by atoms with van der Waals surface area (Å²) in [6.07, 6.45) is 31.7. The third kappa shape index (κ3) is 9.63. The van der Waals surface area contributed by atoms with Crippen LogP contribution in [0.5, 0.6) is 0 Å². The summed E-state index contributed by atoms with van der Waals surface area (Å²) < 4.78 is 6.97. The number of nitrogens with zero attached hydrogens (tertiary/aromatic N) is 2. The van der Waals surface area contributed by atoms with Crippen molar-refractivity contribution in [1.82, 2.24) is 0 Å². The summed E-state index contributed by atoms with van der Waals surface area (Å²) in [4.78, 5) is 5.13. The van der Waals surface area contributed by atoms with Gasteiger partial charge < -0.3 is 19.5 Å². The number of fused-ring (bicyclic) bond motifs is 3. The molecule has 4 aliphatic rings. The number of furan rings is 1. The van der Waals surface area contributed by atoms with Gasteiger partial charge in [0.1, 0.15) is 5.58 Å². The van der Waals surface area contributed by atoms with E-state index in [-0.39, 0.29) is 27.7 Å². The van der Waals surface area contributed by atoms with Crippen LogP contribution in [0.3, 0.4) is 0 Å². The summed E-state index contributed by atoms with van der Waals surface area (Å²) >= 11 is 0. The van der Waals surface area contributed by atoms with Gasteiger partial charge in [0.25, 0.3) is 0 Å². The summed E-state index contributed by atoms with van der Waals surface area (Å²) in [5.74, 6) is 0.401. The minimum absolute atomic E-state index is 0.00916. The van der Waals surface area contributed by atoms with E-state index in [0.29, 0.717) is 5.92 Å². The molecule has 1 radical (unpaired) electrons. The first kappa shape index (κ1) is 49.1. The monoisotopic (exact) mass is 927 g/mol. The first-order valence-electron chi connectivity index (χ1n) is 26.1. The minimum Gasteiger partial charge on any atom is -0.472 e. The molecular formula is C65H77BN3O. The van der Waals surface area contributed by atoms with Crippen molar-refractivity contribution in [3.05, 3.63) is 185 Å². The lowest BCUT2D eigenvalue weighted by Gasteiger charge is -2.43. The average Bonchev–Trinajstić information content (AvgIpc) is 3.73. The smallest absolute Gasteiger partial charge is 0.243 e. The fourth-order valence-electron chi connectivity index (χ4n) is 11.7. The molecular weight excluding hydrogens is 850 g/mol. The zero-order valence-corrected chi connectivity index (χ0v) is 44.4. The largest absolute Gasteiger partial charge is 0.472 e. The van der Waals surface area contributed by atoms with Gasteiger partial charge in [0.05, 0.1) is 17.4 Å². The second kappa shape index (κ2) is 19.0. The van der Waals surface area contributed by atoms with Gasteiger partial charge in [0.2, 0.25) is 7.28 Å². The van der Waals surface area contributed by atoms with Gasteiger partial charge in [0, 0.05) is 40.0 Å². The van der Waals surface area contributed by atoms with Crippen molar-refractivity contribution in [1.29, 1.82) is 0 Å². The molecule has 0 amide bonds. The van der Waals surface area contributed by atoms with Crippen LogP contribution in [0.4, 0.5) is 28.4 Å². The number of benzene rings is 4. The molecule has 4 nitrogen and oxygen atoms in total. The Kier molecular flexibility index (Phi) is 13.3. The highest BCUT2D eigenvalue weighted by Gasteiger charge is 2.40. The van der Waals surface area contributed by atoms with Crippen molar-refractivity contribution in [3.63, 3.8) is 0 Å². The van der Waals surface area contributed by atoms with Crippen molar-refractivity contribution in [2.75, 3.05) is 15.1 Å². The second-order valence-corrected chi connectivity index (χ2v) is 23.7. The maximum atomic E-state index is 6.97. The van der Waals surface area contributed by atoms with Crippen molar-refractivity contribution >= 4 is 57.8 Å². The zero-order chi connectivity index (χ0) is 49.8. The molecule has 5 heteroatoms. The third-order valence-corrected chi connectivity index (χ3v) is 16.3. The maximum absolute atomic E-state index is 6.97. The van der Waals surface area contributed by atoms with Crippen LogP contribution in [-0.4, -0.2) is 13.3 Å². The highest BCUT2D eigenvalue weighted by molar-refractivity contribution is 6.68. The first-order chi connectivity index (χ1) is 33.3. The van der Waals surface area contributed by atoms with E-state index >= 15 is 0 Å². The predicted molar refractivity (Wildman–Crippen MR) is 304 cm³/mol. The van der Waals surface area contributed by atoms with E-state index in [1.807, 2.05) is 12.3 Å². The summed E-state index contributed by atoms with van der Waals surface area (Å²) in [6.45, 7) is 32.4. The Morgan fingerprint density at radius 2 is 1.41 bits per heavy atom. The van der Waals surface area contributed by atoms with E-state index in [1.165, 1.54) is 74.3 Å². The average molecular weight is 927 g/mol. The minimum atomic E-state index is -0.0115. The van der Waals surface area contributed by atoms with Gasteiger partial charge in [-0.25, -0.2) is 0 Å². The normalized spacial score (nSPS) is 19.8. The Morgan fingerprint density at radius 1 is 0.757 bits per heavy atom. The highest BCUT2D eigenvalue weighted by atomic mass is 16.3. The Balaban J connectivity index is 1.24. The quantitative estimate of drug-likeness (QED) is 0.0942. The lowest BCUT2D eigenvalue weighted by atomic mass is 9.59. The van der Waals surface area contributed by atoms with E-state index in [0.717, 1.165) is 65.9 Å². The van der Waals surface area contributed by atoms with E-state index in [2.05, 4.69) is 233 Å². The first-order valence-corrected chi connectivity index (χ1v) is 26.1. The van der Waals surface area contributed by atoms with E-state index in [9.17, 15) is 0 Å². The number of hydrogen-bond donors (Lipinski definition) is 1. The SMILES string of the molecule is C=C/C(=C\C=C\Nc1cccc(N(c2cc3c(cc2[B]c2cc4cc5c(cc4o2)C(C)(C)CCC5(C)C)C(C)(C)CCC3(C)C)c2c(C)cc(N(C3=CC=CCC3)C3C=CC=CC3)cc2C)c1)C(C)C. The molecule has 4 aromatic carbocycles. The lowest BCUT2D eigenvalue weighted by Crippen LogP contribution is -2.38. The fourth-order valence-corrected chi connectivity index (χ4v) is 11.7. The van der Waals surface area contributed by atoms with Crippen molar-refractivity contribution in [3.8, 4) is 0 Å². The summed E-state index contributed by atoms with van der Waals surface area (Å²) in [5, 5.41) is 4.79. The molecule has 0 spiro atoms. The summed E-state index contributed by atoms with van der Waals surface area (Å²) in [6, 6.07) is 26.1. The molecule has 0 fully saturated rings. The van der Waals surface area contributed by atoms with Gasteiger partial charge in [-0.15, -0.1) is 0 Å². The second-order valence-electron chi connectivity index (χ2n) is 23.7. The van der Waals surface area contributed by atoms with Gasteiger partial charge in [-0.2, -0.15) is 0 Å². The number of rotatable bonds is 13. The molecule has 0 aliphatic heterocycles. The van der Waals surface area contributed by atoms with Crippen molar-refractivity contribution in [2.45, 2.75) is 156 Å². The third-order valence-electron chi connectivity index (χ3n) is 16.3. The maximum Gasteiger partial charge on any atom is 0.243 e. The van der Waals surface area contributed by atoms with Gasteiger partial charge in [0.15, 0.2) is 0 Å². The Labute approximate surface area is 422 Å². The van der Waals surface area contributed by atoms with E-state index in [4.69, 9.17) is 4.42 Å². The van der Waals surface area contributed by atoms with Crippen molar-refractivity contribution in [2.24, 2.45) is 5.92 Å². The molecule has 9 rings (SSSR count). The number of anilines is 5. The predicted octanol–water partition coefficient (Wildman–Crippen LogP) is 16.5. The van der Waals surface area contributed by atoms with Crippen LogP contribution in [0.25, 0.3) is 11.0 Å². The van der Waals surface area contributed by atoms with Crippen LogP contribution in [0.1, 0.15) is 148 Å². The van der Waals surface area contributed by atoms with Crippen molar-refractivity contribution < 1.29 is 4.42 Å². The molecule has 1 heterocycles. The van der Waals surface area contributed by atoms with Crippen LogP contribution in [-0.2, 0) is 21.7 Å². The van der Waals surface area contributed by atoms with Crippen LogP contribution >= 0.6 is 0 Å². The van der Waals surface area contributed by atoms with Gasteiger partial charge in [-0.1, -0.05) is 142 Å². The number of hydrogen-bond acceptors (Lipinski definition) is 4. The van der Waals surface area contributed by atoms with E-state index in [1.54, 1.807) is 0 Å². The molecule has 0 saturated carbocycles. The molecule has 0 bridgehead atoms. The molecule has 1 atom stereocenters. The lowest BCUT2D eigenvalue weighted by molar-refractivity contribution is 0.332. The Morgan fingerprint density at radius 3 is 2.03 bits per heavy atom. The number of aryl methyl sites for hydroxylation is 2. The molecule has 5 aromatic rings. The molecule has 361 valence electrons. The molecule has 1 aromatic heterocycles. The number of allylic oxidation sites excluding steroid dienone is 10. The van der Waals surface area contributed by atoms with Gasteiger partial charge in [-0.3, -0.25) is 0 Å². The van der Waals surface area contributed by atoms with Gasteiger partial charge in [-0.05, 0) is 192 Å². The zero-order valence-electron chi connectivity index (χ0n) is 44.4. The van der Waals surface area contributed by atoms with Gasteiger partial charge >= 0.3 is 0 Å². The van der Waals surface area contributed by atoms with Crippen LogP contribution in [0.2, 0.25) is 0 Å². The molecule has 0 saturated heterocycles. The fraction of sp³-hybridized carbons (Fsp3) is 0.385. The topological polar surface area (TPSA) is 31.6 Å². The van der Waals surface area contributed by atoms with Crippen LogP contribution < -0.4 is 26.2 Å².